The summed E-state index contributed by atoms with van der Waals surface area (Å²) >= 11 is 7.70. The number of amides is 2. The summed E-state index contributed by atoms with van der Waals surface area (Å²) in [5.74, 6) is 1.24. The minimum Gasteiger partial charge on any atom is -0.453 e. The van der Waals surface area contributed by atoms with Gasteiger partial charge in [-0.3, -0.25) is 15.2 Å². The van der Waals surface area contributed by atoms with Crippen molar-refractivity contribution in [2.24, 2.45) is 22.4 Å². The molecule has 3 aromatic rings. The molecule has 0 spiro atoms. The third-order valence-corrected chi connectivity index (χ3v) is 7.61. The number of aliphatic imine (C=N–C) groups is 1. The molecule has 3 aromatic heterocycles. The topological polar surface area (TPSA) is 187 Å². The van der Waals surface area contributed by atoms with Gasteiger partial charge in [-0.25, -0.2) is 19.8 Å². The number of hydrogen-bond donors (Lipinski definition) is 4. The van der Waals surface area contributed by atoms with Crippen molar-refractivity contribution >= 4 is 58.6 Å². The van der Waals surface area contributed by atoms with Gasteiger partial charge in [-0.15, -0.1) is 11.3 Å². The second kappa shape index (κ2) is 13.3. The van der Waals surface area contributed by atoms with Crippen LogP contribution in [0.2, 0.25) is 4.34 Å². The summed E-state index contributed by atoms with van der Waals surface area (Å²) in [6.07, 6.45) is 7.90. The Morgan fingerprint density at radius 1 is 1.37 bits per heavy atom. The Labute approximate surface area is 229 Å². The van der Waals surface area contributed by atoms with Gasteiger partial charge >= 0.3 is 6.09 Å². The molecule has 1 fully saturated rings. The van der Waals surface area contributed by atoms with E-state index in [1.165, 1.54) is 18.4 Å². The number of pyridine rings is 1. The molecule has 0 aromatic carbocycles. The minimum absolute atomic E-state index is 0.0544. The van der Waals surface area contributed by atoms with E-state index in [1.807, 2.05) is 19.9 Å². The van der Waals surface area contributed by atoms with Crippen molar-refractivity contribution in [2.75, 3.05) is 7.11 Å². The second-order valence-corrected chi connectivity index (χ2v) is 10.7. The van der Waals surface area contributed by atoms with E-state index < -0.39 is 6.09 Å². The number of rotatable bonds is 7. The van der Waals surface area contributed by atoms with E-state index in [1.54, 1.807) is 12.4 Å². The summed E-state index contributed by atoms with van der Waals surface area (Å²) in [7, 11) is 1.35. The molecule has 204 valence electrons. The lowest BCUT2D eigenvalue weighted by atomic mass is 9.85. The molecule has 0 bridgehead atoms. The van der Waals surface area contributed by atoms with Gasteiger partial charge in [0.15, 0.2) is 5.84 Å². The van der Waals surface area contributed by atoms with Crippen molar-refractivity contribution in [2.45, 2.75) is 57.5 Å². The molecule has 3 unspecified atom stereocenters. The van der Waals surface area contributed by atoms with E-state index in [2.05, 4.69) is 30.6 Å². The molecule has 0 saturated heterocycles. The van der Waals surface area contributed by atoms with Gasteiger partial charge in [-0.05, 0) is 31.2 Å². The highest BCUT2D eigenvalue weighted by molar-refractivity contribution is 7.15. The Hall–Kier alpha value is -3.58. The fraction of sp³-hybridized carbons (Fsp3) is 0.458. The van der Waals surface area contributed by atoms with Crippen LogP contribution in [0.3, 0.4) is 0 Å². The van der Waals surface area contributed by atoms with Crippen molar-refractivity contribution in [1.82, 2.24) is 24.8 Å². The van der Waals surface area contributed by atoms with Crippen molar-refractivity contribution < 1.29 is 14.3 Å². The maximum absolute atomic E-state index is 12.2. The third-order valence-electron chi connectivity index (χ3n) is 6.33. The summed E-state index contributed by atoms with van der Waals surface area (Å²) in [4.78, 5) is 38.5. The number of nitrogens with one attached hydrogen (secondary N) is 2. The first-order chi connectivity index (χ1) is 18.2. The molecule has 0 aliphatic heterocycles. The van der Waals surface area contributed by atoms with Gasteiger partial charge in [0.2, 0.25) is 6.41 Å². The average Bonchev–Trinajstić information content (AvgIpc) is 3.50. The first kappa shape index (κ1) is 29.0. The summed E-state index contributed by atoms with van der Waals surface area (Å²) in [5.41, 5.74) is 12.2. The third kappa shape index (κ3) is 6.64. The number of primary amides is 1. The lowest BCUT2D eigenvalue weighted by molar-refractivity contribution is -0.106. The average molecular weight is 562 g/mol. The van der Waals surface area contributed by atoms with Crippen LogP contribution in [0.5, 0.6) is 0 Å². The monoisotopic (exact) mass is 561 g/mol. The predicted molar refractivity (Wildman–Crippen MR) is 148 cm³/mol. The summed E-state index contributed by atoms with van der Waals surface area (Å²) in [6, 6.07) is 1.60. The van der Waals surface area contributed by atoms with Crippen molar-refractivity contribution in [3.05, 3.63) is 39.3 Å². The number of amidine groups is 1. The fourth-order valence-electron chi connectivity index (χ4n) is 4.69. The van der Waals surface area contributed by atoms with Crippen LogP contribution in [0.4, 0.5) is 4.79 Å². The first-order valence-corrected chi connectivity index (χ1v) is 13.2. The maximum Gasteiger partial charge on any atom is 0.407 e. The number of fused-ring (bicyclic) bond motifs is 1. The molecule has 3 heterocycles. The number of aromatic nitrogens is 4. The zero-order valence-electron chi connectivity index (χ0n) is 21.4. The quantitative estimate of drug-likeness (QED) is 0.191. The van der Waals surface area contributed by atoms with Gasteiger partial charge in [-0.1, -0.05) is 31.9 Å². The van der Waals surface area contributed by atoms with E-state index in [9.17, 15) is 4.79 Å². The lowest BCUT2D eigenvalue weighted by Crippen LogP contribution is -2.34. The summed E-state index contributed by atoms with van der Waals surface area (Å²) in [6.45, 7) is 4.06. The van der Waals surface area contributed by atoms with Crippen LogP contribution < -0.4 is 16.8 Å². The Kier molecular flexibility index (Phi) is 10.1. The largest absolute Gasteiger partial charge is 0.453 e. The van der Waals surface area contributed by atoms with Gasteiger partial charge in [0.05, 0.1) is 36.1 Å². The van der Waals surface area contributed by atoms with Crippen LogP contribution in [0.25, 0.3) is 11.0 Å². The van der Waals surface area contributed by atoms with Crippen LogP contribution in [-0.2, 0) is 9.53 Å². The number of imidazole rings is 1. The number of halogens is 1. The number of hydrogen-bond acceptors (Lipinski definition) is 8. The normalized spacial score (nSPS) is 18.4. The molecule has 4 rings (SSSR count). The number of nitrogens with two attached hydrogens (primary N) is 2. The van der Waals surface area contributed by atoms with Gasteiger partial charge in [0.1, 0.15) is 27.7 Å². The van der Waals surface area contributed by atoms with E-state index in [0.717, 1.165) is 48.4 Å². The zero-order chi connectivity index (χ0) is 27.8. The molecule has 1 aliphatic carbocycles. The maximum atomic E-state index is 12.2. The molecule has 0 radical (unpaired) electrons. The number of methoxy groups -OCH3 is 1. The smallest absolute Gasteiger partial charge is 0.407 e. The van der Waals surface area contributed by atoms with Gasteiger partial charge in [-0.2, -0.15) is 0 Å². The highest BCUT2D eigenvalue weighted by Gasteiger charge is 2.33. The Bertz CT molecular complexity index is 1310. The van der Waals surface area contributed by atoms with Crippen LogP contribution in [0, 0.1) is 11.3 Å². The molecular weight excluding hydrogens is 530 g/mol. The number of carbonyl (C=O) groups is 2. The van der Waals surface area contributed by atoms with Crippen LogP contribution >= 0.6 is 22.9 Å². The number of nitrogens with zero attached hydrogens (tertiary/aromatic N) is 5. The lowest BCUT2D eigenvalue weighted by Gasteiger charge is -2.32. The Morgan fingerprint density at radius 2 is 2.11 bits per heavy atom. The van der Waals surface area contributed by atoms with E-state index in [-0.39, 0.29) is 36.2 Å². The highest BCUT2D eigenvalue weighted by Crippen LogP contribution is 2.43. The molecule has 3 atom stereocenters. The second-order valence-electron chi connectivity index (χ2n) is 9.06. The van der Waals surface area contributed by atoms with E-state index >= 15 is 0 Å². The zero-order valence-corrected chi connectivity index (χ0v) is 23.0. The van der Waals surface area contributed by atoms with Crippen molar-refractivity contribution in [1.29, 1.82) is 5.41 Å². The number of thiazole rings is 1. The number of carbonyl (C=O) groups excluding carboxylic acids is 2. The van der Waals surface area contributed by atoms with Crippen molar-refractivity contribution in [3.63, 3.8) is 0 Å². The van der Waals surface area contributed by atoms with Crippen LogP contribution in [-0.4, -0.2) is 51.3 Å². The first-order valence-electron chi connectivity index (χ1n) is 12.0. The molecule has 38 heavy (non-hydrogen) atoms. The fourth-order valence-corrected chi connectivity index (χ4v) is 5.77. The molecule has 12 nitrogen and oxygen atoms in total. The summed E-state index contributed by atoms with van der Waals surface area (Å²) in [5, 5.41) is 11.2. The minimum atomic E-state index is -0.512. The molecule has 1 aliphatic rings. The van der Waals surface area contributed by atoms with Gasteiger partial charge in [0.25, 0.3) is 0 Å². The predicted octanol–water partition coefficient (Wildman–Crippen LogP) is 3.91. The Balaban J connectivity index is 0.00000127. The summed E-state index contributed by atoms with van der Waals surface area (Å²) < 4.78 is 7.79. The van der Waals surface area contributed by atoms with Crippen LogP contribution in [0.1, 0.15) is 74.1 Å². The number of alkyl carbamates (subject to hydrolysis) is 1. The Morgan fingerprint density at radius 3 is 2.71 bits per heavy atom. The van der Waals surface area contributed by atoms with Gasteiger partial charge < -0.3 is 26.1 Å². The molecule has 2 amide bonds. The van der Waals surface area contributed by atoms with E-state index in [4.69, 9.17) is 37.3 Å². The SMILES string of the molecule is COC(=O)NC(c1nc2cnc(C(N)=NC=N)cc2n1C1CCCC(c2ncc(Cl)s2)C1)C(C)C.NC=O. The van der Waals surface area contributed by atoms with Crippen LogP contribution in [0.15, 0.2) is 23.5 Å². The highest BCUT2D eigenvalue weighted by atomic mass is 35.5. The molecule has 14 heteroatoms. The van der Waals surface area contributed by atoms with Gasteiger partial charge in [0, 0.05) is 12.0 Å². The molecular formula is C24H32ClN9O3S. The standard InChI is InChI=1S/C23H29ClN8O2S.CH3NO/c1-12(2)19(31-23(33)34-3)21-30-16-9-27-15(20(26)29-11-25)8-17(16)32(21)14-6-4-5-13(7-14)22-28-10-18(24)35-22;2-1-3/h8-14,19H,4-7H2,1-3H3,(H,31,33)(H3,25,26,29);1H,(H2,2,3). The number of ether oxygens (including phenoxy) is 1. The van der Waals surface area contributed by atoms with E-state index in [0.29, 0.717) is 15.5 Å². The molecule has 6 N–H and O–H groups in total. The molecule has 1 saturated carbocycles. The van der Waals surface area contributed by atoms with Crippen molar-refractivity contribution in [3.8, 4) is 0 Å².